The first kappa shape index (κ1) is 18.0. The lowest BCUT2D eigenvalue weighted by atomic mass is 10.0. The third kappa shape index (κ3) is 3.12. The molecule has 142 valence electrons. The zero-order valence-electron chi connectivity index (χ0n) is 15.7. The van der Waals surface area contributed by atoms with Crippen molar-refractivity contribution in [2.24, 2.45) is 0 Å². The summed E-state index contributed by atoms with van der Waals surface area (Å²) in [5, 5.41) is 0. The zero-order valence-corrected chi connectivity index (χ0v) is 16.5. The van der Waals surface area contributed by atoms with Crippen molar-refractivity contribution in [3.05, 3.63) is 59.2 Å². The number of sulfonamides is 1. The first-order chi connectivity index (χ1) is 12.9. The number of benzene rings is 2. The summed E-state index contributed by atoms with van der Waals surface area (Å²) in [7, 11) is -3.61. The van der Waals surface area contributed by atoms with Crippen molar-refractivity contribution in [2.75, 3.05) is 23.9 Å². The van der Waals surface area contributed by atoms with Crippen LogP contribution in [0.3, 0.4) is 0 Å². The Morgan fingerprint density at radius 1 is 1.04 bits per heavy atom. The average molecular weight is 385 g/mol. The molecule has 1 amide bonds. The summed E-state index contributed by atoms with van der Waals surface area (Å²) in [6.07, 6.45) is 1.45. The molecule has 0 spiro atoms. The molecule has 0 saturated carbocycles. The highest BCUT2D eigenvalue weighted by atomic mass is 32.2. The number of carbonyl (C=O) groups is 1. The van der Waals surface area contributed by atoms with Crippen LogP contribution in [-0.4, -0.2) is 38.9 Å². The molecule has 1 unspecified atom stereocenters. The van der Waals surface area contributed by atoms with E-state index in [-0.39, 0.29) is 11.8 Å². The molecule has 0 radical (unpaired) electrons. The largest absolute Gasteiger partial charge is 0.342 e. The van der Waals surface area contributed by atoms with Crippen molar-refractivity contribution in [1.29, 1.82) is 0 Å². The van der Waals surface area contributed by atoms with Crippen molar-refractivity contribution in [1.82, 2.24) is 4.90 Å². The maximum atomic E-state index is 13.3. The van der Waals surface area contributed by atoms with Gasteiger partial charge < -0.3 is 4.90 Å². The van der Waals surface area contributed by atoms with Gasteiger partial charge in [0.15, 0.2) is 0 Å². The van der Waals surface area contributed by atoms with E-state index >= 15 is 0 Å². The van der Waals surface area contributed by atoms with Crippen molar-refractivity contribution in [2.45, 2.75) is 37.5 Å². The number of carbonyl (C=O) groups excluding carboxylic acids is 1. The van der Waals surface area contributed by atoms with Crippen LogP contribution in [0.5, 0.6) is 0 Å². The Bertz CT molecular complexity index is 1000. The van der Waals surface area contributed by atoms with E-state index in [2.05, 4.69) is 6.92 Å². The number of hydrogen-bond acceptors (Lipinski definition) is 3. The Kier molecular flexibility index (Phi) is 4.46. The van der Waals surface area contributed by atoms with E-state index < -0.39 is 10.0 Å². The van der Waals surface area contributed by atoms with Crippen LogP contribution in [0, 0.1) is 0 Å². The smallest absolute Gasteiger partial charge is 0.264 e. The fraction of sp³-hybridized carbons (Fsp3) is 0.381. The Labute approximate surface area is 160 Å². The van der Waals surface area contributed by atoms with Gasteiger partial charge in [-0.25, -0.2) is 8.42 Å². The van der Waals surface area contributed by atoms with Gasteiger partial charge in [-0.15, -0.1) is 0 Å². The molecule has 27 heavy (non-hydrogen) atoms. The minimum absolute atomic E-state index is 0.0679. The molecule has 2 aliphatic heterocycles. The van der Waals surface area contributed by atoms with Crippen LogP contribution < -0.4 is 4.31 Å². The van der Waals surface area contributed by atoms with Gasteiger partial charge in [0.25, 0.3) is 10.0 Å². The Balaban J connectivity index is 1.68. The summed E-state index contributed by atoms with van der Waals surface area (Å²) in [6.45, 7) is 5.43. The van der Waals surface area contributed by atoms with E-state index in [9.17, 15) is 13.2 Å². The normalized spacial score (nSPS) is 19.4. The molecule has 0 N–H and O–H groups in total. The lowest BCUT2D eigenvalue weighted by Crippen LogP contribution is -2.31. The van der Waals surface area contributed by atoms with Gasteiger partial charge in [-0.3, -0.25) is 9.10 Å². The highest BCUT2D eigenvalue weighted by Gasteiger charge is 2.34. The molecule has 0 fully saturated rings. The van der Waals surface area contributed by atoms with Crippen LogP contribution in [0.2, 0.25) is 0 Å². The first-order valence-corrected chi connectivity index (χ1v) is 10.8. The molecule has 5 nitrogen and oxygen atoms in total. The minimum atomic E-state index is -3.61. The summed E-state index contributed by atoms with van der Waals surface area (Å²) in [4.78, 5) is 13.8. The van der Waals surface area contributed by atoms with E-state index in [4.69, 9.17) is 0 Å². The van der Waals surface area contributed by atoms with Gasteiger partial charge in [-0.2, -0.15) is 0 Å². The Morgan fingerprint density at radius 2 is 1.74 bits per heavy atom. The SMILES string of the molecule is CC(=O)N1CCc2ccc(S(=O)(=O)N3CC(C)c4ccccc43)cc2CC1. The number of hydrogen-bond donors (Lipinski definition) is 0. The minimum Gasteiger partial charge on any atom is -0.342 e. The van der Waals surface area contributed by atoms with Crippen LogP contribution in [0.25, 0.3) is 0 Å². The summed E-state index contributed by atoms with van der Waals surface area (Å²) >= 11 is 0. The lowest BCUT2D eigenvalue weighted by molar-refractivity contribution is -0.128. The second-order valence-electron chi connectivity index (χ2n) is 7.43. The number of nitrogens with zero attached hydrogens (tertiary/aromatic N) is 2. The summed E-state index contributed by atoms with van der Waals surface area (Å²) in [5.41, 5.74) is 4.02. The van der Waals surface area contributed by atoms with Crippen LogP contribution >= 0.6 is 0 Å². The van der Waals surface area contributed by atoms with E-state index in [1.54, 1.807) is 19.1 Å². The maximum Gasteiger partial charge on any atom is 0.264 e. The van der Waals surface area contributed by atoms with E-state index in [1.807, 2.05) is 35.2 Å². The molecule has 2 heterocycles. The average Bonchev–Trinajstić information content (AvgIpc) is 2.86. The maximum absolute atomic E-state index is 13.3. The first-order valence-electron chi connectivity index (χ1n) is 9.37. The third-order valence-corrected chi connectivity index (χ3v) is 7.46. The molecular formula is C21H24N2O3S. The van der Waals surface area contributed by atoms with Gasteiger partial charge >= 0.3 is 0 Å². The van der Waals surface area contributed by atoms with Crippen molar-refractivity contribution < 1.29 is 13.2 Å². The monoisotopic (exact) mass is 384 g/mol. The Morgan fingerprint density at radius 3 is 2.48 bits per heavy atom. The molecule has 0 aromatic heterocycles. The lowest BCUT2D eigenvalue weighted by Gasteiger charge is -2.20. The molecule has 6 heteroatoms. The molecule has 0 aliphatic carbocycles. The van der Waals surface area contributed by atoms with Gasteiger partial charge in [0, 0.05) is 32.5 Å². The third-order valence-electron chi connectivity index (χ3n) is 5.69. The second kappa shape index (κ2) is 6.68. The number of anilines is 1. The van der Waals surface area contributed by atoms with E-state index in [0.717, 1.165) is 28.8 Å². The fourth-order valence-electron chi connectivity index (χ4n) is 4.11. The number of rotatable bonds is 2. The number of amides is 1. The van der Waals surface area contributed by atoms with Crippen molar-refractivity contribution in [3.8, 4) is 0 Å². The molecule has 0 bridgehead atoms. The van der Waals surface area contributed by atoms with Crippen LogP contribution in [0.15, 0.2) is 47.4 Å². The Hall–Kier alpha value is -2.34. The molecule has 2 aromatic rings. The standard InChI is InChI=1S/C21H24N2O3S/c1-15-14-23(21-6-4-3-5-20(15)21)27(25,26)19-8-7-17-9-11-22(16(2)24)12-10-18(17)13-19/h3-8,13,15H,9-12,14H2,1-2H3. The van der Waals surface area contributed by atoms with Gasteiger partial charge in [-0.05, 0) is 47.7 Å². The van der Waals surface area contributed by atoms with Crippen molar-refractivity contribution >= 4 is 21.6 Å². The summed E-state index contributed by atoms with van der Waals surface area (Å²) in [5.74, 6) is 0.249. The molecule has 0 saturated heterocycles. The van der Waals surface area contributed by atoms with Gasteiger partial charge in [0.2, 0.25) is 5.91 Å². The molecule has 2 aliphatic rings. The predicted octanol–water partition coefficient (Wildman–Crippen LogP) is 2.95. The van der Waals surface area contributed by atoms with Crippen LogP contribution in [-0.2, 0) is 27.7 Å². The van der Waals surface area contributed by atoms with Crippen molar-refractivity contribution in [3.63, 3.8) is 0 Å². The predicted molar refractivity (Wildman–Crippen MR) is 105 cm³/mol. The molecule has 2 aromatic carbocycles. The van der Waals surface area contributed by atoms with Gasteiger partial charge in [-0.1, -0.05) is 31.2 Å². The fourth-order valence-corrected chi connectivity index (χ4v) is 5.74. The summed E-state index contributed by atoms with van der Waals surface area (Å²) < 4.78 is 28.2. The topological polar surface area (TPSA) is 57.7 Å². The number of para-hydroxylation sites is 1. The molecule has 4 rings (SSSR count). The highest BCUT2D eigenvalue weighted by Crippen LogP contribution is 2.39. The van der Waals surface area contributed by atoms with Crippen LogP contribution in [0.4, 0.5) is 5.69 Å². The second-order valence-corrected chi connectivity index (χ2v) is 9.29. The zero-order chi connectivity index (χ0) is 19.2. The van der Waals surface area contributed by atoms with Gasteiger partial charge in [0.05, 0.1) is 10.6 Å². The quantitative estimate of drug-likeness (QED) is 0.800. The van der Waals surface area contributed by atoms with Crippen LogP contribution in [0.1, 0.15) is 36.5 Å². The molecular weight excluding hydrogens is 360 g/mol. The molecule has 1 atom stereocenters. The van der Waals surface area contributed by atoms with E-state index in [1.165, 1.54) is 4.31 Å². The highest BCUT2D eigenvalue weighted by molar-refractivity contribution is 7.92. The summed E-state index contributed by atoms with van der Waals surface area (Å²) in [6, 6.07) is 13.1. The van der Waals surface area contributed by atoms with E-state index in [0.29, 0.717) is 31.0 Å². The van der Waals surface area contributed by atoms with Gasteiger partial charge in [0.1, 0.15) is 0 Å². The number of fused-ring (bicyclic) bond motifs is 2.